The summed E-state index contributed by atoms with van der Waals surface area (Å²) in [5.74, 6) is -0.263. The smallest absolute Gasteiger partial charge is 0.132 e. The van der Waals surface area contributed by atoms with E-state index in [9.17, 15) is 8.78 Å². The minimum Gasteiger partial charge on any atom is -0.368 e. The molecule has 0 aliphatic carbocycles. The Morgan fingerprint density at radius 2 is 1.42 bits per heavy atom. The van der Waals surface area contributed by atoms with Gasteiger partial charge >= 0.3 is 0 Å². The molecule has 1 unspecified atom stereocenters. The molecule has 172 valence electrons. The van der Waals surface area contributed by atoms with E-state index in [4.69, 9.17) is 4.74 Å². The number of nitrogens with zero attached hydrogens (tertiary/aromatic N) is 1. The van der Waals surface area contributed by atoms with E-state index in [1.165, 1.54) is 47.7 Å². The average Bonchev–Trinajstić information content (AvgIpc) is 2.70. The Morgan fingerprint density at radius 3 is 1.97 bits per heavy atom. The van der Waals surface area contributed by atoms with Gasteiger partial charge in [-0.15, -0.1) is 0 Å². The van der Waals surface area contributed by atoms with Crippen molar-refractivity contribution in [2.45, 2.75) is 59.5 Å². The summed E-state index contributed by atoms with van der Waals surface area (Å²) in [7, 11) is 4.55. The lowest BCUT2D eigenvalue weighted by molar-refractivity contribution is -0.897. The fourth-order valence-electron chi connectivity index (χ4n) is 4.58. The summed E-state index contributed by atoms with van der Waals surface area (Å²) in [5, 5.41) is 0. The van der Waals surface area contributed by atoms with Gasteiger partial charge in [0.15, 0.2) is 0 Å². The van der Waals surface area contributed by atoms with Crippen LogP contribution in [0.5, 0.6) is 0 Å². The molecule has 0 aromatic heterocycles. The molecule has 4 heteroatoms. The molecule has 0 fully saturated rings. The average molecular weight is 433 g/mol. The van der Waals surface area contributed by atoms with E-state index in [-0.39, 0.29) is 11.7 Å². The summed E-state index contributed by atoms with van der Waals surface area (Å²) in [5.41, 5.74) is 3.86. The third-order valence-corrected chi connectivity index (χ3v) is 6.38. The van der Waals surface area contributed by atoms with Crippen molar-refractivity contribution in [2.75, 3.05) is 33.8 Å². The van der Waals surface area contributed by atoms with E-state index < -0.39 is 11.6 Å². The summed E-state index contributed by atoms with van der Waals surface area (Å²) >= 11 is 0. The van der Waals surface area contributed by atoms with Crippen molar-refractivity contribution in [1.82, 2.24) is 0 Å². The first-order chi connectivity index (χ1) is 14.7. The molecule has 31 heavy (non-hydrogen) atoms. The molecule has 0 aliphatic heterocycles. The first kappa shape index (κ1) is 25.5. The molecular formula is C27H40F2NO+. The highest BCUT2D eigenvalue weighted by Gasteiger charge is 2.28. The normalized spacial score (nSPS) is 13.1. The predicted octanol–water partition coefficient (Wildman–Crippen LogP) is 6.78. The van der Waals surface area contributed by atoms with E-state index in [2.05, 4.69) is 60.0 Å². The Hall–Kier alpha value is -1.78. The molecule has 1 atom stereocenters. The van der Waals surface area contributed by atoms with E-state index in [1.54, 1.807) is 0 Å². The van der Waals surface area contributed by atoms with Gasteiger partial charge in [0, 0.05) is 18.1 Å². The second-order valence-electron chi connectivity index (χ2n) is 9.45. The number of rotatable bonds is 12. The van der Waals surface area contributed by atoms with Crippen LogP contribution in [0.4, 0.5) is 8.78 Å². The van der Waals surface area contributed by atoms with Crippen molar-refractivity contribution < 1.29 is 18.0 Å². The summed E-state index contributed by atoms with van der Waals surface area (Å²) in [6, 6.07) is 10.4. The van der Waals surface area contributed by atoms with E-state index in [0.717, 1.165) is 17.6 Å². The number of hydrogen-bond acceptors (Lipinski definition) is 1. The summed E-state index contributed by atoms with van der Waals surface area (Å²) in [4.78, 5) is 0. The van der Waals surface area contributed by atoms with Crippen molar-refractivity contribution in [3.8, 4) is 0 Å². The van der Waals surface area contributed by atoms with Crippen LogP contribution in [0.1, 0.15) is 61.5 Å². The highest BCUT2D eigenvalue weighted by atomic mass is 19.1. The third kappa shape index (κ3) is 7.40. The van der Waals surface area contributed by atoms with Gasteiger partial charge in [-0.05, 0) is 68.4 Å². The Bertz CT molecular complexity index is 789. The van der Waals surface area contributed by atoms with Gasteiger partial charge < -0.3 is 9.22 Å². The molecule has 0 radical (unpaired) electrons. The van der Waals surface area contributed by atoms with Gasteiger partial charge in [-0.1, -0.05) is 38.1 Å². The molecule has 2 aromatic carbocycles. The topological polar surface area (TPSA) is 9.23 Å². The van der Waals surface area contributed by atoms with E-state index in [0.29, 0.717) is 25.4 Å². The van der Waals surface area contributed by atoms with Gasteiger partial charge in [0.1, 0.15) is 24.3 Å². The molecule has 2 aromatic rings. The maximum absolute atomic E-state index is 13.9. The van der Waals surface area contributed by atoms with Crippen molar-refractivity contribution in [3.63, 3.8) is 0 Å². The third-order valence-electron chi connectivity index (χ3n) is 6.38. The Kier molecular flexibility index (Phi) is 9.64. The number of hydrogen-bond donors (Lipinski definition) is 0. The number of halogens is 2. The fraction of sp³-hybridized carbons (Fsp3) is 0.556. The molecule has 0 amide bonds. The van der Waals surface area contributed by atoms with Crippen LogP contribution in [0.3, 0.4) is 0 Å². The van der Waals surface area contributed by atoms with Crippen LogP contribution in [0.15, 0.2) is 36.4 Å². The van der Waals surface area contributed by atoms with Crippen molar-refractivity contribution >= 4 is 0 Å². The Labute approximate surface area is 187 Å². The zero-order valence-electron chi connectivity index (χ0n) is 20.2. The van der Waals surface area contributed by atoms with Crippen LogP contribution in [-0.2, 0) is 11.2 Å². The lowest BCUT2D eigenvalue weighted by atomic mass is 9.96. The molecule has 0 N–H and O–H groups in total. The van der Waals surface area contributed by atoms with Crippen LogP contribution in [0.25, 0.3) is 0 Å². The standard InChI is InChI=1S/C27H40F2NO/c1-7-22(8-2)18-30(5,6)19-26(27-20(3)12-9-13-21(27)4)31-17-11-14-23-24(28)15-10-16-25(23)29/h9-10,12-13,15-16,22,26H,7-8,11,14,17-19H2,1-6H3/q+1. The number of benzene rings is 2. The fourth-order valence-corrected chi connectivity index (χ4v) is 4.58. The second-order valence-corrected chi connectivity index (χ2v) is 9.45. The van der Waals surface area contributed by atoms with Gasteiger partial charge in [0.25, 0.3) is 0 Å². The zero-order valence-corrected chi connectivity index (χ0v) is 20.2. The lowest BCUT2D eigenvalue weighted by Crippen LogP contribution is -2.46. The van der Waals surface area contributed by atoms with E-state index >= 15 is 0 Å². The van der Waals surface area contributed by atoms with Gasteiger partial charge in [-0.25, -0.2) is 8.78 Å². The molecule has 0 saturated carbocycles. The molecule has 2 rings (SSSR count). The highest BCUT2D eigenvalue weighted by molar-refractivity contribution is 5.35. The number of ether oxygens (including phenoxy) is 1. The van der Waals surface area contributed by atoms with Crippen molar-refractivity contribution in [2.24, 2.45) is 5.92 Å². The van der Waals surface area contributed by atoms with Crippen LogP contribution in [-0.4, -0.2) is 38.3 Å². The number of likely N-dealkylation sites (N-methyl/N-ethyl adjacent to an activating group) is 1. The van der Waals surface area contributed by atoms with Crippen molar-refractivity contribution in [1.29, 1.82) is 0 Å². The maximum Gasteiger partial charge on any atom is 0.132 e. The second kappa shape index (κ2) is 11.7. The SMILES string of the molecule is CCC(CC)C[N+](C)(C)CC(OCCCc1c(F)cccc1F)c1c(C)cccc1C. The number of quaternary nitrogens is 1. The van der Waals surface area contributed by atoms with Crippen LogP contribution in [0.2, 0.25) is 0 Å². The summed E-state index contributed by atoms with van der Waals surface area (Å²) < 4.78 is 35.2. The minimum atomic E-state index is -0.478. The summed E-state index contributed by atoms with van der Waals surface area (Å²) in [6.45, 7) is 11.2. The Morgan fingerprint density at radius 1 is 0.871 bits per heavy atom. The molecular weight excluding hydrogens is 392 g/mol. The zero-order chi connectivity index (χ0) is 23.0. The molecule has 0 spiro atoms. The first-order valence-electron chi connectivity index (χ1n) is 11.6. The van der Waals surface area contributed by atoms with Crippen LogP contribution < -0.4 is 0 Å². The van der Waals surface area contributed by atoms with E-state index in [1.807, 2.05) is 0 Å². The van der Waals surface area contributed by atoms with Crippen LogP contribution in [0, 0.1) is 31.4 Å². The van der Waals surface area contributed by atoms with Gasteiger partial charge in [-0.3, -0.25) is 0 Å². The molecule has 0 aliphatic rings. The molecule has 0 bridgehead atoms. The predicted molar refractivity (Wildman–Crippen MR) is 125 cm³/mol. The highest BCUT2D eigenvalue weighted by Crippen LogP contribution is 2.28. The van der Waals surface area contributed by atoms with Gasteiger partial charge in [0.2, 0.25) is 0 Å². The monoisotopic (exact) mass is 432 g/mol. The largest absolute Gasteiger partial charge is 0.368 e. The van der Waals surface area contributed by atoms with Crippen molar-refractivity contribution in [3.05, 3.63) is 70.3 Å². The van der Waals surface area contributed by atoms with Gasteiger partial charge in [0.05, 0.1) is 20.6 Å². The quantitative estimate of drug-likeness (QED) is 0.265. The molecule has 0 saturated heterocycles. The molecule has 2 nitrogen and oxygen atoms in total. The van der Waals surface area contributed by atoms with Gasteiger partial charge in [-0.2, -0.15) is 0 Å². The lowest BCUT2D eigenvalue weighted by Gasteiger charge is -2.37. The minimum absolute atomic E-state index is 0.0453. The molecule has 0 heterocycles. The number of aryl methyl sites for hydroxylation is 2. The Balaban J connectivity index is 2.13. The van der Waals surface area contributed by atoms with Crippen LogP contribution >= 0.6 is 0 Å². The summed E-state index contributed by atoms with van der Waals surface area (Å²) in [6.07, 6.45) is 3.24. The first-order valence-corrected chi connectivity index (χ1v) is 11.6. The maximum atomic E-state index is 13.9.